The first-order valence-electron chi connectivity index (χ1n) is 4.45. The van der Waals surface area contributed by atoms with E-state index in [2.05, 4.69) is 6.92 Å². The maximum absolute atomic E-state index is 5.18. The maximum atomic E-state index is 5.18. The third-order valence-electron chi connectivity index (χ3n) is 2.34. The quantitative estimate of drug-likeness (QED) is 0.503. The fraction of sp³-hybridized carbons (Fsp3) is 1.00. The molecule has 2 atom stereocenters. The molecule has 0 saturated carbocycles. The molecule has 0 bridgehead atoms. The fourth-order valence-corrected chi connectivity index (χ4v) is 1.39. The Morgan fingerprint density at radius 1 is 1.18 bits per heavy atom. The van der Waals surface area contributed by atoms with Gasteiger partial charge in [-0.15, -0.1) is 0 Å². The highest BCUT2D eigenvalue weighted by Gasteiger charge is 2.32. The smallest absolute Gasteiger partial charge is 0.130 e. The molecule has 0 aromatic carbocycles. The van der Waals surface area contributed by atoms with Crippen molar-refractivity contribution in [2.24, 2.45) is 0 Å². The molecule has 2 saturated heterocycles. The highest BCUT2D eigenvalue weighted by atomic mass is 16.6. The Bertz CT molecular complexity index is 118. The number of hydrogen-bond donors (Lipinski definition) is 1. The van der Waals surface area contributed by atoms with Crippen molar-refractivity contribution in [3.8, 4) is 0 Å². The molecule has 0 aromatic heterocycles. The largest absolute Gasteiger partial charge is 0.367 e. The van der Waals surface area contributed by atoms with Crippen LogP contribution in [-0.4, -0.2) is 45.1 Å². The summed E-state index contributed by atoms with van der Waals surface area (Å²) in [4.78, 5) is 1.62. The van der Waals surface area contributed by atoms with E-state index in [0.29, 0.717) is 12.2 Å². The average molecular weight is 158 g/mol. The van der Waals surface area contributed by atoms with E-state index in [-0.39, 0.29) is 0 Å². The predicted octanol–water partition coefficient (Wildman–Crippen LogP) is -1.31. The molecule has 2 rings (SSSR count). The van der Waals surface area contributed by atoms with E-state index in [0.717, 1.165) is 13.2 Å². The molecule has 2 unspecified atom stereocenters. The molecule has 2 heterocycles. The second-order valence-corrected chi connectivity index (χ2v) is 3.42. The number of hydrogen-bond acceptors (Lipinski definition) is 2. The van der Waals surface area contributed by atoms with Crippen molar-refractivity contribution >= 4 is 0 Å². The zero-order valence-corrected chi connectivity index (χ0v) is 7.01. The third-order valence-corrected chi connectivity index (χ3v) is 2.34. The standard InChI is InChI=1S/C8H15NO2/c1-2-9(3-7-5-10-7)4-8-6-11-8/h7-8H,2-6H2,1H3/p+1. The molecule has 0 spiro atoms. The van der Waals surface area contributed by atoms with Crippen LogP contribution in [0, 0.1) is 0 Å². The summed E-state index contributed by atoms with van der Waals surface area (Å²) in [6.45, 7) is 7.73. The zero-order chi connectivity index (χ0) is 7.68. The van der Waals surface area contributed by atoms with Crippen LogP contribution in [0.3, 0.4) is 0 Å². The summed E-state index contributed by atoms with van der Waals surface area (Å²) in [5.74, 6) is 0. The highest BCUT2D eigenvalue weighted by Crippen LogP contribution is 2.07. The summed E-state index contributed by atoms with van der Waals surface area (Å²) in [6.07, 6.45) is 1.12. The van der Waals surface area contributed by atoms with E-state index in [1.54, 1.807) is 4.90 Å². The van der Waals surface area contributed by atoms with Crippen molar-refractivity contribution in [1.82, 2.24) is 0 Å². The summed E-state index contributed by atoms with van der Waals surface area (Å²) >= 11 is 0. The lowest BCUT2D eigenvalue weighted by atomic mass is 10.3. The van der Waals surface area contributed by atoms with E-state index in [4.69, 9.17) is 9.47 Å². The van der Waals surface area contributed by atoms with Gasteiger partial charge in [-0.25, -0.2) is 0 Å². The Labute approximate surface area is 67.3 Å². The molecule has 0 radical (unpaired) electrons. The van der Waals surface area contributed by atoms with Crippen molar-refractivity contribution in [2.75, 3.05) is 32.8 Å². The first-order valence-corrected chi connectivity index (χ1v) is 4.45. The van der Waals surface area contributed by atoms with Crippen molar-refractivity contribution in [1.29, 1.82) is 0 Å². The molecular formula is C8H16NO2+. The average Bonchev–Trinajstić information content (AvgIpc) is 2.78. The molecule has 2 fully saturated rings. The minimum absolute atomic E-state index is 0.559. The van der Waals surface area contributed by atoms with Crippen LogP contribution in [0.5, 0.6) is 0 Å². The van der Waals surface area contributed by atoms with Crippen LogP contribution < -0.4 is 4.90 Å². The molecule has 64 valence electrons. The van der Waals surface area contributed by atoms with Gasteiger partial charge in [-0.3, -0.25) is 0 Å². The van der Waals surface area contributed by atoms with Gasteiger partial charge in [-0.2, -0.15) is 0 Å². The van der Waals surface area contributed by atoms with Gasteiger partial charge in [-0.05, 0) is 6.92 Å². The van der Waals surface area contributed by atoms with Crippen molar-refractivity contribution in [3.63, 3.8) is 0 Å². The Hall–Kier alpha value is -0.120. The molecule has 11 heavy (non-hydrogen) atoms. The monoisotopic (exact) mass is 158 g/mol. The van der Waals surface area contributed by atoms with E-state index >= 15 is 0 Å². The van der Waals surface area contributed by atoms with Crippen LogP contribution in [-0.2, 0) is 9.47 Å². The molecule has 3 heteroatoms. The van der Waals surface area contributed by atoms with Crippen LogP contribution in [0.4, 0.5) is 0 Å². The summed E-state index contributed by atoms with van der Waals surface area (Å²) in [7, 11) is 0. The van der Waals surface area contributed by atoms with Gasteiger partial charge in [0.25, 0.3) is 0 Å². The zero-order valence-electron chi connectivity index (χ0n) is 7.01. The SMILES string of the molecule is CC[NH+](CC1CO1)CC1CO1. The minimum atomic E-state index is 0.559. The first-order chi connectivity index (χ1) is 5.38. The normalized spacial score (nSPS) is 36.8. The topological polar surface area (TPSA) is 29.5 Å². The number of nitrogens with one attached hydrogen (secondary N) is 1. The Morgan fingerprint density at radius 3 is 1.91 bits per heavy atom. The Balaban J connectivity index is 1.65. The molecule has 2 aliphatic rings. The molecule has 3 nitrogen and oxygen atoms in total. The summed E-state index contributed by atoms with van der Waals surface area (Å²) < 4.78 is 10.4. The van der Waals surface area contributed by atoms with Gasteiger partial charge < -0.3 is 14.4 Å². The van der Waals surface area contributed by atoms with Crippen LogP contribution in [0.25, 0.3) is 0 Å². The van der Waals surface area contributed by atoms with E-state index in [9.17, 15) is 0 Å². The number of ether oxygens (including phenoxy) is 2. The molecule has 2 aliphatic heterocycles. The number of quaternary nitrogens is 1. The van der Waals surface area contributed by atoms with Gasteiger partial charge >= 0.3 is 0 Å². The van der Waals surface area contributed by atoms with Crippen molar-refractivity contribution in [3.05, 3.63) is 0 Å². The molecular weight excluding hydrogens is 142 g/mol. The van der Waals surface area contributed by atoms with Gasteiger partial charge in [0, 0.05) is 0 Å². The van der Waals surface area contributed by atoms with E-state index < -0.39 is 0 Å². The summed E-state index contributed by atoms with van der Waals surface area (Å²) in [6, 6.07) is 0. The second-order valence-electron chi connectivity index (χ2n) is 3.42. The van der Waals surface area contributed by atoms with Gasteiger partial charge in [0.15, 0.2) is 0 Å². The lowest BCUT2D eigenvalue weighted by Crippen LogP contribution is -3.13. The first kappa shape index (κ1) is 7.53. The van der Waals surface area contributed by atoms with Crippen LogP contribution in [0.2, 0.25) is 0 Å². The number of rotatable bonds is 5. The van der Waals surface area contributed by atoms with Gasteiger partial charge in [-0.1, -0.05) is 0 Å². The summed E-state index contributed by atoms with van der Waals surface area (Å²) in [5, 5.41) is 0. The Morgan fingerprint density at radius 2 is 1.64 bits per heavy atom. The predicted molar refractivity (Wildman–Crippen MR) is 40.7 cm³/mol. The molecule has 1 N–H and O–H groups in total. The van der Waals surface area contributed by atoms with Gasteiger partial charge in [0.1, 0.15) is 25.3 Å². The highest BCUT2D eigenvalue weighted by molar-refractivity contribution is 4.69. The lowest BCUT2D eigenvalue weighted by Gasteiger charge is -2.14. The number of likely N-dealkylation sites (N-methyl/N-ethyl adjacent to an activating group) is 1. The lowest BCUT2D eigenvalue weighted by molar-refractivity contribution is -0.899. The third kappa shape index (κ3) is 2.43. The number of epoxide rings is 2. The van der Waals surface area contributed by atoms with Crippen molar-refractivity contribution in [2.45, 2.75) is 19.1 Å². The molecule has 0 aromatic rings. The van der Waals surface area contributed by atoms with Crippen LogP contribution >= 0.6 is 0 Å². The van der Waals surface area contributed by atoms with Crippen molar-refractivity contribution < 1.29 is 14.4 Å². The molecule has 0 amide bonds. The minimum Gasteiger partial charge on any atom is -0.367 e. The Kier molecular flexibility index (Phi) is 2.11. The van der Waals surface area contributed by atoms with E-state index in [1.807, 2.05) is 0 Å². The summed E-state index contributed by atoms with van der Waals surface area (Å²) in [5.41, 5.74) is 0. The second kappa shape index (κ2) is 3.09. The van der Waals surface area contributed by atoms with Gasteiger partial charge in [0.2, 0.25) is 0 Å². The fourth-order valence-electron chi connectivity index (χ4n) is 1.39. The van der Waals surface area contributed by atoms with Crippen LogP contribution in [0.15, 0.2) is 0 Å². The van der Waals surface area contributed by atoms with Crippen LogP contribution in [0.1, 0.15) is 6.92 Å². The van der Waals surface area contributed by atoms with E-state index in [1.165, 1.54) is 19.6 Å². The van der Waals surface area contributed by atoms with Gasteiger partial charge in [0.05, 0.1) is 19.8 Å². The molecule has 0 aliphatic carbocycles. The maximum Gasteiger partial charge on any atom is 0.130 e.